The molecule has 0 radical (unpaired) electrons. The van der Waals surface area contributed by atoms with Crippen molar-refractivity contribution in [2.45, 2.75) is 0 Å². The highest BCUT2D eigenvalue weighted by Gasteiger charge is 2.17. The Morgan fingerprint density at radius 3 is 2.13 bits per heavy atom. The summed E-state index contributed by atoms with van der Waals surface area (Å²) in [5, 5.41) is 3.24. The van der Waals surface area contributed by atoms with Gasteiger partial charge in [0, 0.05) is 5.69 Å². The second-order valence-corrected chi connectivity index (χ2v) is 6.84. The van der Waals surface area contributed by atoms with E-state index in [1.807, 2.05) is 60.7 Å². The molecule has 2 heterocycles. The molecule has 5 rings (SSSR count). The zero-order valence-corrected chi connectivity index (χ0v) is 16.9. The summed E-state index contributed by atoms with van der Waals surface area (Å²) >= 11 is 0. The lowest BCUT2D eigenvalue weighted by Gasteiger charge is -2.14. The molecule has 8 heteroatoms. The first-order valence-corrected chi connectivity index (χ1v) is 9.64. The Kier molecular flexibility index (Phi) is 4.51. The van der Waals surface area contributed by atoms with E-state index in [0.29, 0.717) is 34.2 Å². The Morgan fingerprint density at radius 1 is 0.806 bits per heavy atom. The highest BCUT2D eigenvalue weighted by molar-refractivity contribution is 5.79. The molecule has 0 saturated heterocycles. The summed E-state index contributed by atoms with van der Waals surface area (Å²) in [6, 6.07) is 22.1. The quantitative estimate of drug-likeness (QED) is 0.472. The van der Waals surface area contributed by atoms with E-state index in [1.54, 1.807) is 26.4 Å². The number of ether oxygens (including phenoxy) is 2. The van der Waals surface area contributed by atoms with E-state index in [0.717, 1.165) is 11.4 Å². The molecular formula is C23H19N5O3. The number of hydrogen-bond acceptors (Lipinski definition) is 6. The molecule has 0 amide bonds. The van der Waals surface area contributed by atoms with Crippen LogP contribution in [0.5, 0.6) is 11.5 Å². The lowest BCUT2D eigenvalue weighted by Crippen LogP contribution is -2.28. The van der Waals surface area contributed by atoms with Crippen molar-refractivity contribution in [3.8, 4) is 17.2 Å². The van der Waals surface area contributed by atoms with Crippen LogP contribution >= 0.6 is 0 Å². The molecule has 1 N–H and O–H groups in total. The fraction of sp³-hybridized carbons (Fsp3) is 0.0870. The maximum atomic E-state index is 13.6. The van der Waals surface area contributed by atoms with Gasteiger partial charge in [-0.3, -0.25) is 0 Å². The number of rotatable bonds is 5. The lowest BCUT2D eigenvalue weighted by atomic mass is 10.3. The second kappa shape index (κ2) is 7.49. The largest absolute Gasteiger partial charge is 0.497 e. The van der Waals surface area contributed by atoms with Crippen molar-refractivity contribution in [2.75, 3.05) is 19.5 Å². The van der Waals surface area contributed by atoms with Gasteiger partial charge < -0.3 is 14.8 Å². The van der Waals surface area contributed by atoms with Gasteiger partial charge in [-0.1, -0.05) is 12.1 Å². The lowest BCUT2D eigenvalue weighted by molar-refractivity contribution is 0.414. The smallest absolute Gasteiger partial charge is 0.343 e. The fourth-order valence-corrected chi connectivity index (χ4v) is 3.46. The third-order valence-electron chi connectivity index (χ3n) is 5.02. The third-order valence-corrected chi connectivity index (χ3v) is 5.02. The van der Waals surface area contributed by atoms with Gasteiger partial charge in [0.25, 0.3) is 0 Å². The number of benzene rings is 3. The summed E-state index contributed by atoms with van der Waals surface area (Å²) in [4.78, 5) is 22.8. The van der Waals surface area contributed by atoms with Crippen molar-refractivity contribution >= 4 is 28.4 Å². The molecule has 154 valence electrons. The van der Waals surface area contributed by atoms with Crippen molar-refractivity contribution in [3.63, 3.8) is 0 Å². The summed E-state index contributed by atoms with van der Waals surface area (Å²) in [6.45, 7) is 0. The average molecular weight is 413 g/mol. The number of nitrogens with one attached hydrogen (secondary N) is 1. The van der Waals surface area contributed by atoms with Gasteiger partial charge in [-0.15, -0.1) is 0 Å². The van der Waals surface area contributed by atoms with E-state index in [1.165, 1.54) is 8.97 Å². The molecule has 0 aliphatic heterocycles. The van der Waals surface area contributed by atoms with Crippen LogP contribution in [0.3, 0.4) is 0 Å². The number of aromatic nitrogens is 4. The minimum Gasteiger partial charge on any atom is -0.497 e. The minimum absolute atomic E-state index is 0.278. The molecule has 31 heavy (non-hydrogen) atoms. The fourth-order valence-electron chi connectivity index (χ4n) is 3.46. The van der Waals surface area contributed by atoms with Crippen LogP contribution in [-0.4, -0.2) is 33.2 Å². The molecule has 3 aromatic carbocycles. The van der Waals surface area contributed by atoms with Crippen molar-refractivity contribution in [2.24, 2.45) is 0 Å². The number of fused-ring (bicyclic) bond motifs is 3. The average Bonchev–Trinajstić information content (AvgIpc) is 3.18. The van der Waals surface area contributed by atoms with Crippen LogP contribution in [0.25, 0.3) is 22.5 Å². The summed E-state index contributed by atoms with van der Waals surface area (Å²) in [5.41, 5.74) is 2.53. The van der Waals surface area contributed by atoms with Crippen molar-refractivity contribution in [1.82, 2.24) is 18.9 Å². The molecule has 0 aliphatic carbocycles. The summed E-state index contributed by atoms with van der Waals surface area (Å²) < 4.78 is 13.5. The first-order valence-electron chi connectivity index (χ1n) is 9.64. The van der Waals surface area contributed by atoms with Crippen molar-refractivity contribution in [1.29, 1.82) is 0 Å². The topological polar surface area (TPSA) is 82.7 Å². The van der Waals surface area contributed by atoms with Gasteiger partial charge in [-0.05, 0) is 60.7 Å². The molecular weight excluding hydrogens is 394 g/mol. The number of anilines is 2. The maximum absolute atomic E-state index is 13.6. The SMILES string of the molecule is COc1ccc(Nc2nc3nc4ccccc4n3c(=O)n2-c2ccc(OC)cc2)cc1. The first-order chi connectivity index (χ1) is 15.2. The minimum atomic E-state index is -0.278. The molecule has 0 spiro atoms. The van der Waals surface area contributed by atoms with E-state index < -0.39 is 0 Å². The molecule has 0 unspecified atom stereocenters. The Hall–Kier alpha value is -4.33. The van der Waals surface area contributed by atoms with Crippen LogP contribution in [-0.2, 0) is 0 Å². The Balaban J connectivity index is 1.74. The monoisotopic (exact) mass is 413 g/mol. The molecule has 8 nitrogen and oxygen atoms in total. The van der Waals surface area contributed by atoms with Gasteiger partial charge in [-0.25, -0.2) is 18.7 Å². The highest BCUT2D eigenvalue weighted by Crippen LogP contribution is 2.23. The Labute approximate surface area is 177 Å². The Morgan fingerprint density at radius 2 is 1.45 bits per heavy atom. The molecule has 0 saturated carbocycles. The van der Waals surface area contributed by atoms with Crippen LogP contribution in [0, 0.1) is 0 Å². The molecule has 0 atom stereocenters. The van der Waals surface area contributed by atoms with E-state index in [-0.39, 0.29) is 5.69 Å². The van der Waals surface area contributed by atoms with Gasteiger partial charge in [0.15, 0.2) is 0 Å². The van der Waals surface area contributed by atoms with Gasteiger partial charge in [-0.2, -0.15) is 4.98 Å². The highest BCUT2D eigenvalue weighted by atomic mass is 16.5. The molecule has 5 aromatic rings. The van der Waals surface area contributed by atoms with E-state index >= 15 is 0 Å². The zero-order chi connectivity index (χ0) is 21.4. The molecule has 0 aliphatic rings. The Bertz CT molecular complexity index is 1440. The number of para-hydroxylation sites is 2. The summed E-state index contributed by atoms with van der Waals surface area (Å²) in [6.07, 6.45) is 0. The van der Waals surface area contributed by atoms with Crippen LogP contribution in [0.2, 0.25) is 0 Å². The van der Waals surface area contributed by atoms with Crippen LogP contribution in [0.4, 0.5) is 11.6 Å². The van der Waals surface area contributed by atoms with Gasteiger partial charge in [0.2, 0.25) is 11.7 Å². The zero-order valence-electron chi connectivity index (χ0n) is 16.9. The standard InChI is InChI=1S/C23H19N5O3/c1-30-17-11-7-15(8-12-17)24-21-26-22-25-19-5-3-4-6-20(19)28(22)23(29)27(21)16-9-13-18(31-2)14-10-16/h3-14H,1-2H3,(H,24,25,26). The summed E-state index contributed by atoms with van der Waals surface area (Å²) in [7, 11) is 3.21. The van der Waals surface area contributed by atoms with Crippen LogP contribution in [0.1, 0.15) is 0 Å². The van der Waals surface area contributed by atoms with Gasteiger partial charge >= 0.3 is 5.69 Å². The van der Waals surface area contributed by atoms with E-state index in [9.17, 15) is 4.79 Å². The van der Waals surface area contributed by atoms with Crippen molar-refractivity contribution in [3.05, 3.63) is 83.3 Å². The maximum Gasteiger partial charge on any atom is 0.343 e. The normalized spacial score (nSPS) is 11.0. The second-order valence-electron chi connectivity index (χ2n) is 6.84. The summed E-state index contributed by atoms with van der Waals surface area (Å²) in [5.74, 6) is 2.11. The number of methoxy groups -OCH3 is 2. The number of nitrogens with zero attached hydrogens (tertiary/aromatic N) is 4. The van der Waals surface area contributed by atoms with Gasteiger partial charge in [0.05, 0.1) is 30.9 Å². The van der Waals surface area contributed by atoms with Crippen molar-refractivity contribution < 1.29 is 9.47 Å². The molecule has 0 bridgehead atoms. The predicted octanol–water partition coefficient (Wildman–Crippen LogP) is 3.79. The molecule has 0 fully saturated rings. The van der Waals surface area contributed by atoms with Crippen LogP contribution < -0.4 is 20.5 Å². The molecule has 2 aromatic heterocycles. The number of imidazole rings is 1. The third kappa shape index (κ3) is 3.24. The first kappa shape index (κ1) is 18.7. The number of hydrogen-bond donors (Lipinski definition) is 1. The van der Waals surface area contributed by atoms with Gasteiger partial charge in [0.1, 0.15) is 11.5 Å². The predicted molar refractivity (Wildman–Crippen MR) is 119 cm³/mol. The van der Waals surface area contributed by atoms with E-state index in [2.05, 4.69) is 15.3 Å². The van der Waals surface area contributed by atoms with E-state index in [4.69, 9.17) is 9.47 Å². The van der Waals surface area contributed by atoms with Crippen LogP contribution in [0.15, 0.2) is 77.6 Å².